The fourth-order valence-corrected chi connectivity index (χ4v) is 4.30. The Morgan fingerprint density at radius 3 is 2.76 bits per heavy atom. The highest BCUT2D eigenvalue weighted by Gasteiger charge is 2.21. The molecule has 1 heterocycles. The average molecular weight is 388 g/mol. The Bertz CT molecular complexity index is 687. The van der Waals surface area contributed by atoms with Gasteiger partial charge in [-0.3, -0.25) is 4.79 Å². The number of halogens is 3. The predicted octanol–water partition coefficient (Wildman–Crippen LogP) is 5.80. The summed E-state index contributed by atoms with van der Waals surface area (Å²) in [6.07, 6.45) is 5.61. The van der Waals surface area contributed by atoms with Crippen LogP contribution < -0.4 is 0 Å². The van der Waals surface area contributed by atoms with Gasteiger partial charge in [0.15, 0.2) is 0 Å². The maximum absolute atomic E-state index is 14.0. The lowest BCUT2D eigenvalue weighted by Gasteiger charge is -2.03. The summed E-state index contributed by atoms with van der Waals surface area (Å²) in [5, 5.41) is 0.345. The van der Waals surface area contributed by atoms with E-state index in [9.17, 15) is 9.18 Å². The second kappa shape index (κ2) is 6.19. The van der Waals surface area contributed by atoms with Crippen molar-refractivity contribution >= 4 is 44.7 Å². The number of carbonyl (C=O) groups excluding carboxylic acids is 1. The first-order valence-corrected chi connectivity index (χ1v) is 8.86. The number of benzene rings is 1. The van der Waals surface area contributed by atoms with Gasteiger partial charge in [-0.2, -0.15) is 0 Å². The van der Waals surface area contributed by atoms with Gasteiger partial charge in [0.25, 0.3) is 0 Å². The number of thiophene rings is 1. The molecule has 1 aromatic carbocycles. The maximum Gasteiger partial charge on any atom is 0.205 e. The lowest BCUT2D eigenvalue weighted by atomic mass is 10.1. The van der Waals surface area contributed by atoms with E-state index in [0.29, 0.717) is 14.4 Å². The van der Waals surface area contributed by atoms with Gasteiger partial charge >= 0.3 is 0 Å². The molecule has 0 radical (unpaired) electrons. The Morgan fingerprint density at radius 1 is 1.19 bits per heavy atom. The molecule has 1 aliphatic rings. The molecule has 21 heavy (non-hydrogen) atoms. The summed E-state index contributed by atoms with van der Waals surface area (Å²) < 4.78 is 14.5. The van der Waals surface area contributed by atoms with Crippen LogP contribution in [0.15, 0.2) is 22.7 Å². The quantitative estimate of drug-likeness (QED) is 0.361. The van der Waals surface area contributed by atoms with Crippen LogP contribution in [0.25, 0.3) is 0 Å². The smallest absolute Gasteiger partial charge is 0.205 e. The maximum atomic E-state index is 14.0. The summed E-state index contributed by atoms with van der Waals surface area (Å²) in [5.41, 5.74) is 1.30. The lowest BCUT2D eigenvalue weighted by molar-refractivity contribution is 0.103. The highest BCUT2D eigenvalue weighted by molar-refractivity contribution is 9.10. The second-order valence-electron chi connectivity index (χ2n) is 5.20. The molecule has 0 saturated heterocycles. The van der Waals surface area contributed by atoms with Gasteiger partial charge in [-0.1, -0.05) is 18.0 Å². The van der Waals surface area contributed by atoms with Gasteiger partial charge in [-0.15, -0.1) is 11.3 Å². The average Bonchev–Trinajstić information content (AvgIpc) is 2.73. The summed E-state index contributed by atoms with van der Waals surface area (Å²) in [6, 6.07) is 4.57. The van der Waals surface area contributed by atoms with Gasteiger partial charge in [0.05, 0.1) is 15.5 Å². The van der Waals surface area contributed by atoms with Gasteiger partial charge in [-0.05, 0) is 65.4 Å². The van der Waals surface area contributed by atoms with Crippen LogP contribution in [0.2, 0.25) is 5.02 Å². The minimum Gasteiger partial charge on any atom is -0.288 e. The van der Waals surface area contributed by atoms with E-state index in [2.05, 4.69) is 15.9 Å². The van der Waals surface area contributed by atoms with Crippen molar-refractivity contribution in [2.45, 2.75) is 32.1 Å². The molecular formula is C16H13BrClFOS. The molecule has 3 rings (SSSR count). The zero-order valence-electron chi connectivity index (χ0n) is 11.2. The topological polar surface area (TPSA) is 17.1 Å². The fourth-order valence-electron chi connectivity index (χ4n) is 2.61. The Labute approximate surface area is 140 Å². The number of ketones is 1. The summed E-state index contributed by atoms with van der Waals surface area (Å²) >= 11 is 10.6. The van der Waals surface area contributed by atoms with Crippen molar-refractivity contribution in [3.63, 3.8) is 0 Å². The first kappa shape index (κ1) is 15.2. The molecule has 0 saturated carbocycles. The number of aryl methyl sites for hydroxylation is 2. The molecule has 1 aromatic heterocycles. The highest BCUT2D eigenvalue weighted by Crippen LogP contribution is 2.32. The van der Waals surface area contributed by atoms with Crippen LogP contribution in [-0.4, -0.2) is 5.78 Å². The lowest BCUT2D eigenvalue weighted by Crippen LogP contribution is -2.02. The highest BCUT2D eigenvalue weighted by atomic mass is 79.9. The summed E-state index contributed by atoms with van der Waals surface area (Å²) in [5.74, 6) is -0.820. The van der Waals surface area contributed by atoms with Gasteiger partial charge in [0, 0.05) is 9.35 Å². The van der Waals surface area contributed by atoms with Crippen molar-refractivity contribution in [2.75, 3.05) is 0 Å². The van der Waals surface area contributed by atoms with E-state index in [4.69, 9.17) is 11.6 Å². The molecule has 0 aliphatic heterocycles. The summed E-state index contributed by atoms with van der Waals surface area (Å²) in [6.45, 7) is 0. The Hall–Kier alpha value is -0.710. The van der Waals surface area contributed by atoms with Crippen molar-refractivity contribution in [1.82, 2.24) is 0 Å². The van der Waals surface area contributed by atoms with E-state index in [1.165, 1.54) is 46.8 Å². The van der Waals surface area contributed by atoms with Crippen molar-refractivity contribution in [3.05, 3.63) is 54.4 Å². The third kappa shape index (κ3) is 3.08. The predicted molar refractivity (Wildman–Crippen MR) is 88.1 cm³/mol. The standard InChI is InChI=1S/C16H13BrClFOS/c17-11-8-13(19)10(7-12(11)18)16(20)15-6-9-4-2-1-3-5-14(9)21-15/h6-8H,1-5H2. The molecule has 5 heteroatoms. The molecule has 1 nitrogen and oxygen atoms in total. The van der Waals surface area contributed by atoms with E-state index in [0.717, 1.165) is 19.3 Å². The molecule has 0 atom stereocenters. The molecule has 0 spiro atoms. The number of hydrogen-bond donors (Lipinski definition) is 0. The third-order valence-corrected chi connectivity index (χ3v) is 6.16. The Morgan fingerprint density at radius 2 is 1.95 bits per heavy atom. The minimum atomic E-state index is -0.542. The van der Waals surface area contributed by atoms with E-state index >= 15 is 0 Å². The van der Waals surface area contributed by atoms with Gasteiger partial charge in [0.1, 0.15) is 5.82 Å². The van der Waals surface area contributed by atoms with Gasteiger partial charge in [0.2, 0.25) is 5.78 Å². The molecule has 0 N–H and O–H groups in total. The van der Waals surface area contributed by atoms with E-state index in [1.54, 1.807) is 0 Å². The fraction of sp³-hybridized carbons (Fsp3) is 0.312. The van der Waals surface area contributed by atoms with Gasteiger partial charge in [-0.25, -0.2) is 4.39 Å². The second-order valence-corrected chi connectivity index (χ2v) is 7.59. The number of hydrogen-bond acceptors (Lipinski definition) is 2. The van der Waals surface area contributed by atoms with Crippen LogP contribution in [0.5, 0.6) is 0 Å². The zero-order chi connectivity index (χ0) is 15.0. The number of rotatable bonds is 2. The van der Waals surface area contributed by atoms with Crippen LogP contribution >= 0.6 is 38.9 Å². The van der Waals surface area contributed by atoms with Crippen LogP contribution in [0.3, 0.4) is 0 Å². The van der Waals surface area contributed by atoms with Crippen LogP contribution in [0.4, 0.5) is 4.39 Å². The molecule has 0 fully saturated rings. The Balaban J connectivity index is 1.97. The Kier molecular flexibility index (Phi) is 4.48. The van der Waals surface area contributed by atoms with E-state index < -0.39 is 5.82 Å². The van der Waals surface area contributed by atoms with Crippen molar-refractivity contribution < 1.29 is 9.18 Å². The summed E-state index contributed by atoms with van der Waals surface area (Å²) in [4.78, 5) is 14.4. The van der Waals surface area contributed by atoms with Crippen LogP contribution in [0.1, 0.15) is 44.9 Å². The van der Waals surface area contributed by atoms with E-state index in [-0.39, 0.29) is 11.3 Å². The molecule has 0 amide bonds. The van der Waals surface area contributed by atoms with Crippen molar-refractivity contribution in [3.8, 4) is 0 Å². The molecule has 1 aliphatic carbocycles. The molecule has 2 aromatic rings. The summed E-state index contributed by atoms with van der Waals surface area (Å²) in [7, 11) is 0. The van der Waals surface area contributed by atoms with Crippen molar-refractivity contribution in [1.29, 1.82) is 0 Å². The van der Waals surface area contributed by atoms with Crippen LogP contribution in [0, 0.1) is 5.82 Å². The number of carbonyl (C=O) groups is 1. The molecule has 0 bridgehead atoms. The molecule has 0 unspecified atom stereocenters. The van der Waals surface area contributed by atoms with Gasteiger partial charge < -0.3 is 0 Å². The SMILES string of the molecule is O=C(c1cc2c(s1)CCCCC2)c1cc(Cl)c(Br)cc1F. The minimum absolute atomic E-state index is 0.0413. The molecule has 110 valence electrons. The largest absolute Gasteiger partial charge is 0.288 e. The van der Waals surface area contributed by atoms with Crippen molar-refractivity contribution in [2.24, 2.45) is 0 Å². The number of fused-ring (bicyclic) bond motifs is 1. The molecular weight excluding hydrogens is 375 g/mol. The first-order valence-electron chi connectivity index (χ1n) is 6.87. The van der Waals surface area contributed by atoms with Crippen LogP contribution in [-0.2, 0) is 12.8 Å². The third-order valence-electron chi connectivity index (χ3n) is 3.72. The van der Waals surface area contributed by atoms with E-state index in [1.807, 2.05) is 6.07 Å². The first-order chi connectivity index (χ1) is 10.1. The zero-order valence-corrected chi connectivity index (χ0v) is 14.4. The monoisotopic (exact) mass is 386 g/mol. The normalized spacial score (nSPS) is 14.6.